The zero-order valence-electron chi connectivity index (χ0n) is 16.2. The molecule has 4 aromatic rings. The maximum Gasteiger partial charge on any atom is 0.279 e. The predicted molar refractivity (Wildman–Crippen MR) is 124 cm³/mol. The molecule has 3 aromatic carbocycles. The number of ether oxygens (including phenoxy) is 1. The van der Waals surface area contributed by atoms with Gasteiger partial charge in [-0.25, -0.2) is 4.68 Å². The summed E-state index contributed by atoms with van der Waals surface area (Å²) in [6, 6.07) is 24.7. The number of benzene rings is 3. The van der Waals surface area contributed by atoms with E-state index in [0.717, 1.165) is 27.2 Å². The standard InChI is InChI=1S/C24H19ClN2O2S/c1-29-20-9-5-6-17(14-20)15-22-23(16-30-21-12-10-18(25)11-13-21)26-27(24(22)28)19-7-3-2-4-8-19/h2-16,26H,1H3/b22-15+,23-16-. The highest BCUT2D eigenvalue weighted by atomic mass is 35.5. The van der Waals surface area contributed by atoms with Crippen molar-refractivity contribution in [3.05, 3.63) is 110 Å². The Bertz CT molecular complexity index is 1330. The number of halogens is 1. The zero-order valence-corrected chi connectivity index (χ0v) is 17.8. The van der Waals surface area contributed by atoms with Crippen LogP contribution in [0.4, 0.5) is 0 Å². The van der Waals surface area contributed by atoms with E-state index in [2.05, 4.69) is 5.10 Å². The SMILES string of the molecule is COc1cccc(/C=c2/c(=O)n(-c3ccccc3)[nH]/c2=C\Sc2ccc(Cl)cc2)c1. The molecule has 0 bridgehead atoms. The van der Waals surface area contributed by atoms with E-state index in [9.17, 15) is 4.79 Å². The second kappa shape index (κ2) is 9.11. The maximum absolute atomic E-state index is 13.2. The van der Waals surface area contributed by atoms with Gasteiger partial charge in [-0.05, 0) is 60.2 Å². The number of nitrogens with one attached hydrogen (secondary N) is 1. The van der Waals surface area contributed by atoms with Crippen LogP contribution in [0, 0.1) is 0 Å². The monoisotopic (exact) mass is 434 g/mol. The number of hydrogen-bond donors (Lipinski definition) is 1. The fourth-order valence-electron chi connectivity index (χ4n) is 2.99. The first-order valence-corrected chi connectivity index (χ1v) is 10.5. The summed E-state index contributed by atoms with van der Waals surface area (Å²) in [6.45, 7) is 0. The first-order valence-electron chi connectivity index (χ1n) is 9.29. The van der Waals surface area contributed by atoms with Gasteiger partial charge in [-0.15, -0.1) is 0 Å². The van der Waals surface area contributed by atoms with Gasteiger partial charge in [0.1, 0.15) is 5.75 Å². The summed E-state index contributed by atoms with van der Waals surface area (Å²) in [5.41, 5.74) is 1.54. The van der Waals surface area contributed by atoms with Gasteiger partial charge in [0.15, 0.2) is 0 Å². The molecule has 0 unspecified atom stereocenters. The minimum atomic E-state index is -0.119. The Morgan fingerprint density at radius 2 is 1.77 bits per heavy atom. The van der Waals surface area contributed by atoms with Crippen LogP contribution in [0.15, 0.2) is 88.6 Å². The number of para-hydroxylation sites is 1. The van der Waals surface area contributed by atoms with E-state index in [1.165, 1.54) is 11.8 Å². The molecule has 0 aliphatic rings. The lowest BCUT2D eigenvalue weighted by Gasteiger charge is -1.99. The van der Waals surface area contributed by atoms with Crippen molar-refractivity contribution < 1.29 is 4.74 Å². The molecule has 0 spiro atoms. The van der Waals surface area contributed by atoms with E-state index in [4.69, 9.17) is 16.3 Å². The molecule has 0 aliphatic carbocycles. The summed E-state index contributed by atoms with van der Waals surface area (Å²) in [6.07, 6.45) is 1.87. The zero-order chi connectivity index (χ0) is 20.9. The van der Waals surface area contributed by atoms with Crippen LogP contribution in [0.25, 0.3) is 17.2 Å². The Morgan fingerprint density at radius 3 is 2.50 bits per heavy atom. The molecule has 1 aromatic heterocycles. The van der Waals surface area contributed by atoms with Gasteiger partial charge in [0.05, 0.1) is 23.4 Å². The Labute approximate surface area is 183 Å². The fourth-order valence-corrected chi connectivity index (χ4v) is 3.85. The Morgan fingerprint density at radius 1 is 1.00 bits per heavy atom. The third-order valence-electron chi connectivity index (χ3n) is 4.50. The van der Waals surface area contributed by atoms with Gasteiger partial charge in [-0.1, -0.05) is 53.7 Å². The van der Waals surface area contributed by atoms with Gasteiger partial charge in [-0.3, -0.25) is 9.89 Å². The normalized spacial score (nSPS) is 12.3. The summed E-state index contributed by atoms with van der Waals surface area (Å²) in [4.78, 5) is 14.3. The molecule has 1 N–H and O–H groups in total. The van der Waals surface area contributed by atoms with Gasteiger partial charge in [0.2, 0.25) is 0 Å². The second-order valence-corrected chi connectivity index (χ2v) is 7.91. The van der Waals surface area contributed by atoms with Crippen LogP contribution >= 0.6 is 23.4 Å². The number of thioether (sulfide) groups is 1. The minimum absolute atomic E-state index is 0.119. The molecule has 6 heteroatoms. The summed E-state index contributed by atoms with van der Waals surface area (Å²) in [5.74, 6) is 0.740. The molecule has 4 rings (SSSR count). The predicted octanol–water partition coefficient (Wildman–Crippen LogP) is 4.19. The van der Waals surface area contributed by atoms with Crippen molar-refractivity contribution in [1.29, 1.82) is 0 Å². The average Bonchev–Trinajstić information content (AvgIpc) is 3.09. The number of nitrogens with zero attached hydrogens (tertiary/aromatic N) is 1. The quantitative estimate of drug-likeness (QED) is 0.479. The van der Waals surface area contributed by atoms with Gasteiger partial charge < -0.3 is 4.74 Å². The summed E-state index contributed by atoms with van der Waals surface area (Å²) in [5, 5.41) is 7.17. The molecule has 0 saturated carbocycles. The van der Waals surface area contributed by atoms with E-state index < -0.39 is 0 Å². The first-order chi connectivity index (χ1) is 14.6. The van der Waals surface area contributed by atoms with Crippen molar-refractivity contribution in [3.63, 3.8) is 0 Å². The van der Waals surface area contributed by atoms with E-state index >= 15 is 0 Å². The number of methoxy groups -OCH3 is 1. The first kappa shape index (κ1) is 20.1. The van der Waals surface area contributed by atoms with E-state index in [-0.39, 0.29) is 5.56 Å². The number of H-pyrrole nitrogens is 1. The smallest absolute Gasteiger partial charge is 0.279 e. The number of aromatic amines is 1. The molecule has 0 fully saturated rings. The highest BCUT2D eigenvalue weighted by Crippen LogP contribution is 2.21. The highest BCUT2D eigenvalue weighted by Gasteiger charge is 2.06. The largest absolute Gasteiger partial charge is 0.497 e. The lowest BCUT2D eigenvalue weighted by atomic mass is 10.2. The van der Waals surface area contributed by atoms with Crippen LogP contribution in [0.3, 0.4) is 0 Å². The Hall–Kier alpha value is -3.15. The van der Waals surface area contributed by atoms with Gasteiger partial charge >= 0.3 is 0 Å². The van der Waals surface area contributed by atoms with Crippen molar-refractivity contribution in [2.75, 3.05) is 7.11 Å². The number of hydrogen-bond acceptors (Lipinski definition) is 3. The third-order valence-corrected chi connectivity index (χ3v) is 5.65. The molecule has 1 heterocycles. The second-order valence-electron chi connectivity index (χ2n) is 6.53. The molecular formula is C24H19ClN2O2S. The van der Waals surface area contributed by atoms with Gasteiger partial charge in [0.25, 0.3) is 5.56 Å². The highest BCUT2D eigenvalue weighted by molar-refractivity contribution is 8.06. The van der Waals surface area contributed by atoms with E-state index in [1.807, 2.05) is 90.3 Å². The molecule has 0 saturated heterocycles. The van der Waals surface area contributed by atoms with Gasteiger partial charge in [-0.2, -0.15) is 0 Å². The van der Waals surface area contributed by atoms with Crippen molar-refractivity contribution >= 4 is 34.8 Å². The third kappa shape index (κ3) is 4.53. The lowest BCUT2D eigenvalue weighted by Crippen LogP contribution is -2.34. The number of rotatable bonds is 5. The van der Waals surface area contributed by atoms with Crippen LogP contribution in [-0.2, 0) is 0 Å². The molecule has 150 valence electrons. The average molecular weight is 435 g/mol. The molecule has 0 radical (unpaired) electrons. The molecule has 4 nitrogen and oxygen atoms in total. The van der Waals surface area contributed by atoms with Crippen molar-refractivity contribution in [3.8, 4) is 11.4 Å². The van der Waals surface area contributed by atoms with Crippen LogP contribution in [0.5, 0.6) is 5.75 Å². The van der Waals surface area contributed by atoms with E-state index in [1.54, 1.807) is 11.8 Å². The lowest BCUT2D eigenvalue weighted by molar-refractivity contribution is 0.414. The van der Waals surface area contributed by atoms with Crippen molar-refractivity contribution in [2.24, 2.45) is 0 Å². The maximum atomic E-state index is 13.2. The molecule has 0 amide bonds. The fraction of sp³-hybridized carbons (Fsp3) is 0.0417. The summed E-state index contributed by atoms with van der Waals surface area (Å²) >= 11 is 7.50. The molecule has 0 aliphatic heterocycles. The molecule has 0 atom stereocenters. The number of aromatic nitrogens is 2. The summed E-state index contributed by atoms with van der Waals surface area (Å²) < 4.78 is 6.86. The van der Waals surface area contributed by atoms with Crippen LogP contribution in [-0.4, -0.2) is 16.9 Å². The minimum Gasteiger partial charge on any atom is -0.497 e. The van der Waals surface area contributed by atoms with Crippen LogP contribution < -0.4 is 20.9 Å². The Balaban J connectivity index is 1.87. The van der Waals surface area contributed by atoms with Crippen LogP contribution in [0.2, 0.25) is 5.02 Å². The molecular weight excluding hydrogens is 416 g/mol. The topological polar surface area (TPSA) is 47.0 Å². The van der Waals surface area contributed by atoms with Crippen molar-refractivity contribution in [2.45, 2.75) is 4.90 Å². The summed E-state index contributed by atoms with van der Waals surface area (Å²) in [7, 11) is 1.62. The Kier molecular flexibility index (Phi) is 6.12. The van der Waals surface area contributed by atoms with Crippen LogP contribution in [0.1, 0.15) is 5.56 Å². The molecule has 30 heavy (non-hydrogen) atoms. The van der Waals surface area contributed by atoms with Gasteiger partial charge in [0, 0.05) is 15.3 Å². The van der Waals surface area contributed by atoms with E-state index in [0.29, 0.717) is 10.2 Å². The van der Waals surface area contributed by atoms with Crippen molar-refractivity contribution in [1.82, 2.24) is 9.78 Å².